The number of hydrazine groups is 1. The molecule has 1 aromatic carbocycles. The quantitative estimate of drug-likeness (QED) is 0.644. The highest BCUT2D eigenvalue weighted by molar-refractivity contribution is 7.89. The lowest BCUT2D eigenvalue weighted by atomic mass is 10.2. The molecule has 1 aliphatic heterocycles. The Bertz CT molecular complexity index is 1010. The van der Waals surface area contributed by atoms with Crippen LogP contribution in [-0.4, -0.2) is 42.6 Å². The van der Waals surface area contributed by atoms with Gasteiger partial charge in [0.25, 0.3) is 17.4 Å². The maximum absolute atomic E-state index is 12.5. The van der Waals surface area contributed by atoms with Crippen molar-refractivity contribution in [2.75, 3.05) is 13.1 Å². The molecule has 9 nitrogen and oxygen atoms in total. The van der Waals surface area contributed by atoms with E-state index in [2.05, 4.69) is 15.8 Å². The zero-order chi connectivity index (χ0) is 19.4. The van der Waals surface area contributed by atoms with Crippen LogP contribution in [0.3, 0.4) is 0 Å². The molecule has 10 heteroatoms. The lowest BCUT2D eigenvalue weighted by Gasteiger charge is -2.15. The second-order valence-electron chi connectivity index (χ2n) is 5.96. The van der Waals surface area contributed by atoms with Gasteiger partial charge < -0.3 is 4.98 Å². The molecule has 1 saturated heterocycles. The highest BCUT2D eigenvalue weighted by Crippen LogP contribution is 2.21. The van der Waals surface area contributed by atoms with Crippen LogP contribution in [0.5, 0.6) is 0 Å². The molecule has 0 aliphatic carbocycles. The number of pyridine rings is 1. The smallest absolute Gasteiger partial charge is 0.275 e. The number of amides is 2. The van der Waals surface area contributed by atoms with Crippen LogP contribution in [-0.2, 0) is 10.0 Å². The fourth-order valence-corrected chi connectivity index (χ4v) is 4.23. The summed E-state index contributed by atoms with van der Waals surface area (Å²) in [7, 11) is -3.55. The first-order valence-corrected chi connectivity index (χ1v) is 9.72. The summed E-state index contributed by atoms with van der Waals surface area (Å²) < 4.78 is 26.3. The van der Waals surface area contributed by atoms with Gasteiger partial charge in [-0.2, -0.15) is 4.31 Å². The van der Waals surface area contributed by atoms with Crippen molar-refractivity contribution in [3.63, 3.8) is 0 Å². The van der Waals surface area contributed by atoms with Crippen molar-refractivity contribution in [2.45, 2.75) is 17.7 Å². The molecule has 27 heavy (non-hydrogen) atoms. The van der Waals surface area contributed by atoms with Crippen LogP contribution in [0.2, 0.25) is 0 Å². The third-order valence-electron chi connectivity index (χ3n) is 4.17. The summed E-state index contributed by atoms with van der Waals surface area (Å²) in [6, 6.07) is 8.23. The predicted octanol–water partition coefficient (Wildman–Crippen LogP) is 0.234. The van der Waals surface area contributed by atoms with E-state index in [-0.39, 0.29) is 16.0 Å². The molecule has 1 aromatic heterocycles. The second kappa shape index (κ2) is 7.72. The molecule has 2 aromatic rings. The van der Waals surface area contributed by atoms with Crippen LogP contribution in [0.1, 0.15) is 33.6 Å². The number of carbonyl (C=O) groups excluding carboxylic acids is 2. The number of H-pyrrole nitrogens is 1. The van der Waals surface area contributed by atoms with Gasteiger partial charge in [0, 0.05) is 24.8 Å². The topological polar surface area (TPSA) is 128 Å². The first-order valence-electron chi connectivity index (χ1n) is 8.28. The zero-order valence-corrected chi connectivity index (χ0v) is 15.1. The maximum atomic E-state index is 12.5. The van der Waals surface area contributed by atoms with Crippen molar-refractivity contribution in [3.05, 3.63) is 64.1 Å². The largest absolute Gasteiger partial charge is 0.328 e. The highest BCUT2D eigenvalue weighted by Gasteiger charge is 2.27. The number of benzene rings is 1. The number of hydrogen-bond acceptors (Lipinski definition) is 5. The average molecular weight is 390 g/mol. The van der Waals surface area contributed by atoms with Crippen molar-refractivity contribution in [1.29, 1.82) is 0 Å². The van der Waals surface area contributed by atoms with Gasteiger partial charge in [0.1, 0.15) is 5.56 Å². The Hall–Kier alpha value is -2.98. The fraction of sp³-hybridized carbons (Fsp3) is 0.235. The fourth-order valence-electron chi connectivity index (χ4n) is 2.71. The Morgan fingerprint density at radius 3 is 2.22 bits per heavy atom. The maximum Gasteiger partial charge on any atom is 0.275 e. The molecule has 0 bridgehead atoms. The van der Waals surface area contributed by atoms with E-state index in [0.717, 1.165) is 12.8 Å². The van der Waals surface area contributed by atoms with E-state index in [1.54, 1.807) is 0 Å². The van der Waals surface area contributed by atoms with Gasteiger partial charge in [-0.15, -0.1) is 0 Å². The van der Waals surface area contributed by atoms with Gasteiger partial charge in [-0.25, -0.2) is 8.42 Å². The third kappa shape index (κ3) is 4.07. The molecule has 2 heterocycles. The van der Waals surface area contributed by atoms with Crippen LogP contribution in [0.15, 0.2) is 52.3 Å². The van der Waals surface area contributed by atoms with Gasteiger partial charge in [0.15, 0.2) is 0 Å². The van der Waals surface area contributed by atoms with E-state index < -0.39 is 27.4 Å². The van der Waals surface area contributed by atoms with E-state index in [9.17, 15) is 22.8 Å². The molecule has 0 spiro atoms. The minimum absolute atomic E-state index is 0.112. The number of aromatic amines is 1. The van der Waals surface area contributed by atoms with E-state index >= 15 is 0 Å². The number of hydrogen-bond donors (Lipinski definition) is 3. The lowest BCUT2D eigenvalue weighted by Crippen LogP contribution is -2.43. The van der Waals surface area contributed by atoms with Gasteiger partial charge in [0.2, 0.25) is 10.0 Å². The highest BCUT2D eigenvalue weighted by atomic mass is 32.2. The van der Waals surface area contributed by atoms with Crippen LogP contribution < -0.4 is 16.4 Å². The predicted molar refractivity (Wildman–Crippen MR) is 96.4 cm³/mol. The molecule has 1 aliphatic rings. The number of nitrogens with zero attached hydrogens (tertiary/aromatic N) is 1. The number of nitrogens with one attached hydrogen (secondary N) is 3. The molecular weight excluding hydrogens is 372 g/mol. The minimum atomic E-state index is -3.55. The molecule has 0 radical (unpaired) electrons. The molecule has 0 unspecified atom stereocenters. The van der Waals surface area contributed by atoms with Crippen molar-refractivity contribution < 1.29 is 18.0 Å². The number of aromatic nitrogens is 1. The molecule has 3 N–H and O–H groups in total. The summed E-state index contributed by atoms with van der Waals surface area (Å²) in [6.45, 7) is 0.991. The van der Waals surface area contributed by atoms with Crippen LogP contribution in [0, 0.1) is 0 Å². The number of rotatable bonds is 4. The summed E-state index contributed by atoms with van der Waals surface area (Å²) in [5.74, 6) is -1.40. The second-order valence-corrected chi connectivity index (χ2v) is 7.89. The van der Waals surface area contributed by atoms with E-state index in [0.29, 0.717) is 13.1 Å². The Kier molecular flexibility index (Phi) is 5.38. The van der Waals surface area contributed by atoms with Crippen LogP contribution in [0.25, 0.3) is 0 Å². The van der Waals surface area contributed by atoms with Gasteiger partial charge in [-0.05, 0) is 49.2 Å². The summed E-state index contributed by atoms with van der Waals surface area (Å²) >= 11 is 0. The van der Waals surface area contributed by atoms with Gasteiger partial charge in [-0.3, -0.25) is 25.2 Å². The molecule has 142 valence electrons. The first-order chi connectivity index (χ1) is 12.9. The van der Waals surface area contributed by atoms with E-state index in [1.807, 2.05) is 0 Å². The zero-order valence-electron chi connectivity index (χ0n) is 14.3. The molecule has 0 saturated carbocycles. The summed E-state index contributed by atoms with van der Waals surface area (Å²) in [6.07, 6.45) is 3.06. The van der Waals surface area contributed by atoms with Gasteiger partial charge >= 0.3 is 0 Å². The summed E-state index contributed by atoms with van der Waals surface area (Å²) in [4.78, 5) is 38.0. The molecule has 2 amide bonds. The normalized spacial score (nSPS) is 14.7. The summed E-state index contributed by atoms with van der Waals surface area (Å²) in [5, 5.41) is 0. The van der Waals surface area contributed by atoms with Crippen molar-refractivity contribution in [3.8, 4) is 0 Å². The van der Waals surface area contributed by atoms with E-state index in [4.69, 9.17) is 0 Å². The molecular formula is C17H18N4O5S. The Morgan fingerprint density at radius 1 is 0.963 bits per heavy atom. The van der Waals surface area contributed by atoms with Gasteiger partial charge in [0.05, 0.1) is 4.90 Å². The third-order valence-corrected chi connectivity index (χ3v) is 6.08. The average Bonchev–Trinajstić information content (AvgIpc) is 3.22. The standard InChI is InChI=1S/C17H18N4O5S/c22-15(19-20-17(24)14-4-3-9-18-16(14)23)12-5-7-13(8-6-12)27(25,26)21-10-1-2-11-21/h3-9H,1-2,10-11H2,(H,18,23)(H,19,22)(H,20,24). The molecule has 3 rings (SSSR count). The van der Waals surface area contributed by atoms with Crippen molar-refractivity contribution in [2.24, 2.45) is 0 Å². The SMILES string of the molecule is O=C(NNC(=O)c1ccc[nH]c1=O)c1ccc(S(=O)(=O)N2CCCC2)cc1. The number of sulfonamides is 1. The molecule has 1 fully saturated rings. The Labute approximate surface area is 155 Å². The van der Waals surface area contributed by atoms with Crippen LogP contribution >= 0.6 is 0 Å². The van der Waals surface area contributed by atoms with Crippen molar-refractivity contribution in [1.82, 2.24) is 20.1 Å². The molecule has 0 atom stereocenters. The van der Waals surface area contributed by atoms with Crippen LogP contribution in [0.4, 0.5) is 0 Å². The Morgan fingerprint density at radius 2 is 1.59 bits per heavy atom. The number of carbonyl (C=O) groups is 2. The van der Waals surface area contributed by atoms with Gasteiger partial charge in [-0.1, -0.05) is 0 Å². The Balaban J connectivity index is 1.65. The first kappa shape index (κ1) is 18.8. The summed E-state index contributed by atoms with van der Waals surface area (Å²) in [5.41, 5.74) is 3.76. The lowest BCUT2D eigenvalue weighted by molar-refractivity contribution is 0.0846. The van der Waals surface area contributed by atoms with E-state index in [1.165, 1.54) is 46.9 Å². The minimum Gasteiger partial charge on any atom is -0.328 e. The monoisotopic (exact) mass is 390 g/mol. The van der Waals surface area contributed by atoms with Crippen molar-refractivity contribution >= 4 is 21.8 Å².